The lowest BCUT2D eigenvalue weighted by molar-refractivity contribution is 0.0792. The largest absolute Gasteiger partial charge is 0.398 e. The summed E-state index contributed by atoms with van der Waals surface area (Å²) in [5.74, 6) is -0.116. The highest BCUT2D eigenvalue weighted by molar-refractivity contribution is 9.10. The molecule has 0 radical (unpaired) electrons. The monoisotopic (exact) mass is 294 g/mol. The number of hydrogen-bond donors (Lipinski definition) is 1. The number of nitrogens with two attached hydrogens (primary N) is 1. The number of carbonyl (C=O) groups excluding carboxylic acids is 1. The zero-order chi connectivity index (χ0) is 12.8. The fourth-order valence-electron chi connectivity index (χ4n) is 1.45. The van der Waals surface area contributed by atoms with Gasteiger partial charge in [-0.2, -0.15) is 0 Å². The number of amides is 1. The Kier molecular flexibility index (Phi) is 4.97. The molecular weight excluding hydrogens is 280 g/mol. The molecule has 0 unspecified atom stereocenters. The predicted octanol–water partition coefficient (Wildman–Crippen LogP) is 2.85. The maximum Gasteiger partial charge on any atom is 0.256 e. The van der Waals surface area contributed by atoms with Crippen LogP contribution >= 0.6 is 15.9 Å². The fraction of sp³-hybridized carbons (Fsp3) is 0.154. The molecule has 0 aliphatic heterocycles. The van der Waals surface area contributed by atoms with Crippen molar-refractivity contribution in [1.82, 2.24) is 4.90 Å². The summed E-state index contributed by atoms with van der Waals surface area (Å²) >= 11 is 3.31. The SMILES string of the molecule is C=CCN(CC=C)C(=O)c1ccc(Br)cc1N. The number of nitrogen functional groups attached to an aromatic ring is 1. The van der Waals surface area contributed by atoms with Crippen molar-refractivity contribution < 1.29 is 4.79 Å². The lowest BCUT2D eigenvalue weighted by atomic mass is 10.1. The van der Waals surface area contributed by atoms with E-state index in [1.165, 1.54) is 0 Å². The molecule has 3 nitrogen and oxygen atoms in total. The third kappa shape index (κ3) is 3.46. The standard InChI is InChI=1S/C13H15BrN2O/c1-3-7-16(8-4-2)13(17)11-6-5-10(14)9-12(11)15/h3-6,9H,1-2,7-8,15H2. The van der Waals surface area contributed by atoms with E-state index in [4.69, 9.17) is 5.73 Å². The lowest BCUT2D eigenvalue weighted by Gasteiger charge is -2.20. The second kappa shape index (κ2) is 6.25. The van der Waals surface area contributed by atoms with Gasteiger partial charge in [0.25, 0.3) is 5.91 Å². The summed E-state index contributed by atoms with van der Waals surface area (Å²) in [5.41, 5.74) is 6.78. The van der Waals surface area contributed by atoms with E-state index >= 15 is 0 Å². The first kappa shape index (κ1) is 13.5. The molecule has 4 heteroatoms. The molecule has 90 valence electrons. The van der Waals surface area contributed by atoms with Gasteiger partial charge in [0.1, 0.15) is 0 Å². The Morgan fingerprint density at radius 1 is 1.35 bits per heavy atom. The smallest absolute Gasteiger partial charge is 0.256 e. The summed E-state index contributed by atoms with van der Waals surface area (Å²) in [6.45, 7) is 8.20. The Bertz CT molecular complexity index is 433. The maximum atomic E-state index is 12.2. The van der Waals surface area contributed by atoms with E-state index in [1.54, 1.807) is 35.3 Å². The highest BCUT2D eigenvalue weighted by Gasteiger charge is 2.15. The van der Waals surface area contributed by atoms with Crippen molar-refractivity contribution in [3.63, 3.8) is 0 Å². The molecule has 1 rings (SSSR count). The average molecular weight is 295 g/mol. The van der Waals surface area contributed by atoms with Gasteiger partial charge < -0.3 is 10.6 Å². The third-order valence-corrected chi connectivity index (χ3v) is 2.72. The number of nitrogens with zero attached hydrogens (tertiary/aromatic N) is 1. The first-order valence-electron chi connectivity index (χ1n) is 5.16. The molecule has 0 bridgehead atoms. The van der Waals surface area contributed by atoms with E-state index in [0.29, 0.717) is 24.3 Å². The quantitative estimate of drug-likeness (QED) is 0.670. The van der Waals surface area contributed by atoms with Crippen LogP contribution in [0, 0.1) is 0 Å². The molecule has 0 saturated carbocycles. The first-order valence-corrected chi connectivity index (χ1v) is 5.95. The lowest BCUT2D eigenvalue weighted by Crippen LogP contribution is -2.31. The van der Waals surface area contributed by atoms with Crippen LogP contribution in [0.1, 0.15) is 10.4 Å². The summed E-state index contributed by atoms with van der Waals surface area (Å²) in [6, 6.07) is 5.22. The highest BCUT2D eigenvalue weighted by atomic mass is 79.9. The molecule has 0 aromatic heterocycles. The van der Waals surface area contributed by atoms with Crippen molar-refractivity contribution in [2.24, 2.45) is 0 Å². The van der Waals surface area contributed by atoms with Gasteiger partial charge in [0.15, 0.2) is 0 Å². The zero-order valence-corrected chi connectivity index (χ0v) is 11.1. The molecular formula is C13H15BrN2O. The Labute approximate surface area is 110 Å². The molecule has 0 fully saturated rings. The Balaban J connectivity index is 2.99. The number of halogens is 1. The normalized spacial score (nSPS) is 9.71. The topological polar surface area (TPSA) is 46.3 Å². The summed E-state index contributed by atoms with van der Waals surface area (Å²) in [7, 11) is 0. The molecule has 1 amide bonds. The van der Waals surface area contributed by atoms with Crippen molar-refractivity contribution in [3.8, 4) is 0 Å². The van der Waals surface area contributed by atoms with Crippen LogP contribution in [0.3, 0.4) is 0 Å². The average Bonchev–Trinajstić information content (AvgIpc) is 2.28. The fourth-order valence-corrected chi connectivity index (χ4v) is 1.83. The summed E-state index contributed by atoms with van der Waals surface area (Å²) < 4.78 is 0.852. The minimum atomic E-state index is -0.116. The minimum Gasteiger partial charge on any atom is -0.398 e. The summed E-state index contributed by atoms with van der Waals surface area (Å²) in [5, 5.41) is 0. The van der Waals surface area contributed by atoms with Gasteiger partial charge in [-0.3, -0.25) is 4.79 Å². The van der Waals surface area contributed by atoms with Gasteiger partial charge in [-0.05, 0) is 18.2 Å². The van der Waals surface area contributed by atoms with Gasteiger partial charge in [-0.25, -0.2) is 0 Å². The van der Waals surface area contributed by atoms with Crippen molar-refractivity contribution in [1.29, 1.82) is 0 Å². The maximum absolute atomic E-state index is 12.2. The van der Waals surface area contributed by atoms with Crippen molar-refractivity contribution in [2.75, 3.05) is 18.8 Å². The molecule has 0 spiro atoms. The number of anilines is 1. The van der Waals surface area contributed by atoms with E-state index in [2.05, 4.69) is 29.1 Å². The van der Waals surface area contributed by atoms with Gasteiger partial charge in [-0.15, -0.1) is 13.2 Å². The molecule has 1 aromatic carbocycles. The molecule has 2 N–H and O–H groups in total. The first-order chi connectivity index (χ1) is 8.10. The van der Waals surface area contributed by atoms with Crippen LogP contribution < -0.4 is 5.73 Å². The number of hydrogen-bond acceptors (Lipinski definition) is 2. The van der Waals surface area contributed by atoms with Crippen molar-refractivity contribution >= 4 is 27.5 Å². The molecule has 0 heterocycles. The van der Waals surface area contributed by atoms with Crippen LogP contribution in [0.15, 0.2) is 48.0 Å². The van der Waals surface area contributed by atoms with Crippen LogP contribution in [-0.4, -0.2) is 23.9 Å². The number of rotatable bonds is 5. The van der Waals surface area contributed by atoms with E-state index in [9.17, 15) is 4.79 Å². The van der Waals surface area contributed by atoms with Gasteiger partial charge in [0.2, 0.25) is 0 Å². The second-order valence-electron chi connectivity index (χ2n) is 3.52. The molecule has 0 saturated heterocycles. The second-order valence-corrected chi connectivity index (χ2v) is 4.43. The van der Waals surface area contributed by atoms with Gasteiger partial charge in [0, 0.05) is 23.2 Å². The van der Waals surface area contributed by atoms with Gasteiger partial charge in [0.05, 0.1) is 5.56 Å². The van der Waals surface area contributed by atoms with Crippen LogP contribution in [0.2, 0.25) is 0 Å². The molecule has 0 aliphatic rings. The van der Waals surface area contributed by atoms with E-state index in [1.807, 2.05) is 0 Å². The van der Waals surface area contributed by atoms with E-state index in [-0.39, 0.29) is 5.91 Å². The van der Waals surface area contributed by atoms with Crippen LogP contribution in [0.5, 0.6) is 0 Å². The van der Waals surface area contributed by atoms with Crippen LogP contribution in [-0.2, 0) is 0 Å². The van der Waals surface area contributed by atoms with Gasteiger partial charge >= 0.3 is 0 Å². The van der Waals surface area contributed by atoms with Crippen LogP contribution in [0.4, 0.5) is 5.69 Å². The minimum absolute atomic E-state index is 0.116. The third-order valence-electron chi connectivity index (χ3n) is 2.23. The summed E-state index contributed by atoms with van der Waals surface area (Å²) in [6.07, 6.45) is 3.35. The van der Waals surface area contributed by atoms with Crippen molar-refractivity contribution in [3.05, 3.63) is 53.5 Å². The zero-order valence-electron chi connectivity index (χ0n) is 9.53. The highest BCUT2D eigenvalue weighted by Crippen LogP contribution is 2.20. The predicted molar refractivity (Wildman–Crippen MR) is 74.9 cm³/mol. The Morgan fingerprint density at radius 2 is 1.94 bits per heavy atom. The van der Waals surface area contributed by atoms with E-state index in [0.717, 1.165) is 4.47 Å². The van der Waals surface area contributed by atoms with Gasteiger partial charge in [-0.1, -0.05) is 28.1 Å². The Hall–Kier alpha value is -1.55. The molecule has 17 heavy (non-hydrogen) atoms. The molecule has 0 atom stereocenters. The van der Waals surface area contributed by atoms with E-state index < -0.39 is 0 Å². The number of benzene rings is 1. The molecule has 1 aromatic rings. The number of carbonyl (C=O) groups is 1. The van der Waals surface area contributed by atoms with Crippen molar-refractivity contribution in [2.45, 2.75) is 0 Å². The summed E-state index contributed by atoms with van der Waals surface area (Å²) in [4.78, 5) is 13.8. The van der Waals surface area contributed by atoms with Crippen LogP contribution in [0.25, 0.3) is 0 Å². The Morgan fingerprint density at radius 3 is 2.41 bits per heavy atom. The molecule has 0 aliphatic carbocycles.